The molecule has 0 radical (unpaired) electrons. The Morgan fingerprint density at radius 1 is 1.10 bits per heavy atom. The highest BCUT2D eigenvalue weighted by Gasteiger charge is 2.17. The van der Waals surface area contributed by atoms with Crippen molar-refractivity contribution < 1.29 is 0 Å². The van der Waals surface area contributed by atoms with Crippen LogP contribution in [0.1, 0.15) is 30.5 Å². The summed E-state index contributed by atoms with van der Waals surface area (Å²) in [6, 6.07) is 11.7. The van der Waals surface area contributed by atoms with E-state index in [0.29, 0.717) is 6.54 Å². The van der Waals surface area contributed by atoms with Gasteiger partial charge >= 0.3 is 0 Å². The van der Waals surface area contributed by atoms with E-state index in [2.05, 4.69) is 9.88 Å². The fourth-order valence-corrected chi connectivity index (χ4v) is 2.86. The number of rotatable bonds is 3. The van der Waals surface area contributed by atoms with Crippen LogP contribution in [0.5, 0.6) is 0 Å². The highest BCUT2D eigenvalue weighted by molar-refractivity contribution is 5.34. The molecule has 0 saturated carbocycles. The molecule has 0 N–H and O–H groups in total. The second-order valence-electron chi connectivity index (χ2n) is 5.66. The van der Waals surface area contributed by atoms with Crippen LogP contribution in [-0.4, -0.2) is 22.6 Å². The minimum absolute atomic E-state index is 0.0342. The van der Waals surface area contributed by atoms with E-state index in [1.807, 2.05) is 37.3 Å². The van der Waals surface area contributed by atoms with Crippen molar-refractivity contribution in [1.29, 1.82) is 0 Å². The Labute approximate surface area is 125 Å². The van der Waals surface area contributed by atoms with Gasteiger partial charge in [0.05, 0.1) is 6.54 Å². The standard InChI is InChI=1S/C17H21N3O/c1-14-12-16(21)20(13-15-8-4-2-5-9-15)17(18-14)19-10-6-3-7-11-19/h2,4-5,8-9,12H,3,6-7,10-11,13H2,1H3. The van der Waals surface area contributed by atoms with Crippen molar-refractivity contribution in [2.24, 2.45) is 0 Å². The second kappa shape index (κ2) is 6.12. The van der Waals surface area contributed by atoms with E-state index in [4.69, 9.17) is 0 Å². The minimum atomic E-state index is 0.0342. The molecule has 1 aliphatic heterocycles. The fourth-order valence-electron chi connectivity index (χ4n) is 2.86. The summed E-state index contributed by atoms with van der Waals surface area (Å²) >= 11 is 0. The Morgan fingerprint density at radius 3 is 2.52 bits per heavy atom. The molecular weight excluding hydrogens is 262 g/mol. The average Bonchev–Trinajstić information content (AvgIpc) is 2.51. The van der Waals surface area contributed by atoms with Crippen molar-refractivity contribution in [3.05, 3.63) is 58.0 Å². The zero-order chi connectivity index (χ0) is 14.7. The Morgan fingerprint density at radius 2 is 1.81 bits per heavy atom. The van der Waals surface area contributed by atoms with E-state index in [-0.39, 0.29) is 5.56 Å². The molecule has 0 amide bonds. The number of aryl methyl sites for hydroxylation is 1. The maximum Gasteiger partial charge on any atom is 0.255 e. The largest absolute Gasteiger partial charge is 0.342 e. The molecule has 110 valence electrons. The van der Waals surface area contributed by atoms with Crippen molar-refractivity contribution in [2.45, 2.75) is 32.7 Å². The Balaban J connectivity index is 1.99. The number of hydrogen-bond acceptors (Lipinski definition) is 3. The lowest BCUT2D eigenvalue weighted by molar-refractivity contribution is 0.550. The lowest BCUT2D eigenvalue weighted by Gasteiger charge is -2.29. The van der Waals surface area contributed by atoms with Crippen LogP contribution in [0, 0.1) is 6.92 Å². The van der Waals surface area contributed by atoms with E-state index >= 15 is 0 Å². The third-order valence-electron chi connectivity index (χ3n) is 3.94. The molecule has 0 atom stereocenters. The topological polar surface area (TPSA) is 38.1 Å². The molecule has 4 nitrogen and oxygen atoms in total. The van der Waals surface area contributed by atoms with Crippen LogP contribution in [0.4, 0.5) is 5.95 Å². The smallest absolute Gasteiger partial charge is 0.255 e. The molecule has 1 aromatic carbocycles. The molecule has 1 fully saturated rings. The van der Waals surface area contributed by atoms with Crippen LogP contribution < -0.4 is 10.5 Å². The summed E-state index contributed by atoms with van der Waals surface area (Å²) < 4.78 is 1.80. The van der Waals surface area contributed by atoms with Gasteiger partial charge in [0, 0.05) is 24.8 Å². The highest BCUT2D eigenvalue weighted by atomic mass is 16.1. The number of piperidine rings is 1. The SMILES string of the molecule is Cc1cc(=O)n(Cc2ccccc2)c(N2CCCCC2)n1. The monoisotopic (exact) mass is 283 g/mol. The number of anilines is 1. The summed E-state index contributed by atoms with van der Waals surface area (Å²) in [7, 11) is 0. The normalized spacial score (nSPS) is 15.2. The number of benzene rings is 1. The first-order chi connectivity index (χ1) is 10.2. The lowest BCUT2D eigenvalue weighted by Crippen LogP contribution is -2.36. The van der Waals surface area contributed by atoms with Gasteiger partial charge in [-0.15, -0.1) is 0 Å². The average molecular weight is 283 g/mol. The third-order valence-corrected chi connectivity index (χ3v) is 3.94. The quantitative estimate of drug-likeness (QED) is 0.869. The highest BCUT2D eigenvalue weighted by Crippen LogP contribution is 2.17. The first-order valence-electron chi connectivity index (χ1n) is 7.61. The second-order valence-corrected chi connectivity index (χ2v) is 5.66. The van der Waals surface area contributed by atoms with Gasteiger partial charge in [0.2, 0.25) is 5.95 Å². The predicted octanol–water partition coefficient (Wildman–Crippen LogP) is 2.59. The van der Waals surface area contributed by atoms with Gasteiger partial charge in [0.25, 0.3) is 5.56 Å². The van der Waals surface area contributed by atoms with E-state index < -0.39 is 0 Å². The van der Waals surface area contributed by atoms with Gasteiger partial charge in [-0.2, -0.15) is 0 Å². The molecule has 21 heavy (non-hydrogen) atoms. The van der Waals surface area contributed by atoms with E-state index in [1.54, 1.807) is 10.6 Å². The summed E-state index contributed by atoms with van der Waals surface area (Å²) in [6.07, 6.45) is 3.62. The molecule has 2 heterocycles. The summed E-state index contributed by atoms with van der Waals surface area (Å²) in [4.78, 5) is 19.3. The van der Waals surface area contributed by atoms with Crippen molar-refractivity contribution in [2.75, 3.05) is 18.0 Å². The summed E-state index contributed by atoms with van der Waals surface area (Å²) in [5.41, 5.74) is 1.96. The summed E-state index contributed by atoms with van der Waals surface area (Å²) in [6.45, 7) is 4.45. The van der Waals surface area contributed by atoms with Crippen LogP contribution in [0.2, 0.25) is 0 Å². The number of hydrogen-bond donors (Lipinski definition) is 0. The van der Waals surface area contributed by atoms with Gasteiger partial charge in [0.15, 0.2) is 0 Å². The van der Waals surface area contributed by atoms with Gasteiger partial charge in [0.1, 0.15) is 0 Å². The molecule has 3 rings (SSSR count). The molecule has 0 aliphatic carbocycles. The summed E-state index contributed by atoms with van der Waals surface area (Å²) in [5.74, 6) is 0.823. The van der Waals surface area contributed by atoms with Crippen LogP contribution in [0.25, 0.3) is 0 Å². The maximum absolute atomic E-state index is 12.4. The van der Waals surface area contributed by atoms with Gasteiger partial charge < -0.3 is 4.90 Å². The molecule has 1 saturated heterocycles. The predicted molar refractivity (Wildman–Crippen MR) is 84.8 cm³/mol. The number of nitrogens with zero attached hydrogens (tertiary/aromatic N) is 3. The molecule has 1 aromatic heterocycles. The molecule has 4 heteroatoms. The van der Waals surface area contributed by atoms with Gasteiger partial charge in [-0.1, -0.05) is 30.3 Å². The van der Waals surface area contributed by atoms with Crippen LogP contribution in [0.3, 0.4) is 0 Å². The first kappa shape index (κ1) is 13.9. The first-order valence-corrected chi connectivity index (χ1v) is 7.61. The molecule has 0 unspecified atom stereocenters. The summed E-state index contributed by atoms with van der Waals surface area (Å²) in [5, 5.41) is 0. The molecule has 0 spiro atoms. The van der Waals surface area contributed by atoms with Crippen LogP contribution >= 0.6 is 0 Å². The van der Waals surface area contributed by atoms with Gasteiger partial charge in [-0.05, 0) is 31.7 Å². The molecule has 0 bridgehead atoms. The number of aromatic nitrogens is 2. The molecule has 1 aliphatic rings. The zero-order valence-corrected chi connectivity index (χ0v) is 12.5. The Bertz CT molecular complexity index is 657. The van der Waals surface area contributed by atoms with Gasteiger partial charge in [-0.3, -0.25) is 9.36 Å². The van der Waals surface area contributed by atoms with Gasteiger partial charge in [-0.25, -0.2) is 4.98 Å². The van der Waals surface area contributed by atoms with Crippen molar-refractivity contribution in [3.63, 3.8) is 0 Å². The maximum atomic E-state index is 12.4. The molecule has 2 aromatic rings. The van der Waals surface area contributed by atoms with Crippen LogP contribution in [-0.2, 0) is 6.54 Å². The Hall–Kier alpha value is -2.10. The Kier molecular flexibility index (Phi) is 4.04. The third kappa shape index (κ3) is 3.15. The molecular formula is C17H21N3O. The van der Waals surface area contributed by atoms with Crippen LogP contribution in [0.15, 0.2) is 41.2 Å². The zero-order valence-electron chi connectivity index (χ0n) is 12.5. The van der Waals surface area contributed by atoms with E-state index in [9.17, 15) is 4.79 Å². The van der Waals surface area contributed by atoms with E-state index in [1.165, 1.54) is 19.3 Å². The lowest BCUT2D eigenvalue weighted by atomic mass is 10.1. The van der Waals surface area contributed by atoms with E-state index in [0.717, 1.165) is 30.3 Å². The van der Waals surface area contributed by atoms with Crippen molar-refractivity contribution in [3.8, 4) is 0 Å². The van der Waals surface area contributed by atoms with Crippen molar-refractivity contribution >= 4 is 5.95 Å². The minimum Gasteiger partial charge on any atom is -0.342 e. The van der Waals surface area contributed by atoms with Crippen molar-refractivity contribution in [1.82, 2.24) is 9.55 Å². The fraction of sp³-hybridized carbons (Fsp3) is 0.412.